The molecule has 0 saturated carbocycles. The SMILES string of the molecule is N#CC(=Cc1cc2c(cc1Cl)OCO2)C(=O)NCc1ccco1. The highest BCUT2D eigenvalue weighted by Crippen LogP contribution is 2.37. The number of carbonyl (C=O) groups is 1. The number of hydrogen-bond donors (Lipinski definition) is 1. The molecule has 3 rings (SSSR count). The number of amides is 1. The van der Waals surface area contributed by atoms with Crippen LogP contribution in [0.2, 0.25) is 5.02 Å². The first kappa shape index (κ1) is 15.0. The second-order valence-electron chi connectivity index (χ2n) is 4.66. The Kier molecular flexibility index (Phi) is 4.22. The third kappa shape index (κ3) is 3.30. The number of rotatable bonds is 4. The summed E-state index contributed by atoms with van der Waals surface area (Å²) in [7, 11) is 0. The molecule has 2 aromatic rings. The molecule has 1 aliphatic heterocycles. The minimum absolute atomic E-state index is 0.0719. The van der Waals surface area contributed by atoms with E-state index in [1.54, 1.807) is 24.3 Å². The summed E-state index contributed by atoms with van der Waals surface area (Å²) < 4.78 is 15.6. The van der Waals surface area contributed by atoms with Crippen molar-refractivity contribution in [2.75, 3.05) is 6.79 Å². The maximum absolute atomic E-state index is 12.1. The third-order valence-corrected chi connectivity index (χ3v) is 3.49. The van der Waals surface area contributed by atoms with Crippen LogP contribution in [0.3, 0.4) is 0 Å². The maximum atomic E-state index is 12.1. The number of carbonyl (C=O) groups excluding carboxylic acids is 1. The summed E-state index contributed by atoms with van der Waals surface area (Å²) in [6, 6.07) is 8.52. The first-order valence-corrected chi connectivity index (χ1v) is 7.06. The molecule has 6 nitrogen and oxygen atoms in total. The lowest BCUT2D eigenvalue weighted by Gasteiger charge is -2.04. The monoisotopic (exact) mass is 330 g/mol. The van der Waals surface area contributed by atoms with E-state index in [1.807, 2.05) is 6.07 Å². The Bertz CT molecular complexity index is 806. The van der Waals surface area contributed by atoms with E-state index in [0.29, 0.717) is 27.8 Å². The molecule has 0 radical (unpaired) electrons. The summed E-state index contributed by atoms with van der Waals surface area (Å²) in [5.74, 6) is 1.14. The molecular weight excluding hydrogens is 320 g/mol. The van der Waals surface area contributed by atoms with Gasteiger partial charge in [-0.25, -0.2) is 0 Å². The van der Waals surface area contributed by atoms with Crippen molar-refractivity contribution >= 4 is 23.6 Å². The summed E-state index contributed by atoms with van der Waals surface area (Å²) in [4.78, 5) is 12.1. The summed E-state index contributed by atoms with van der Waals surface area (Å²) >= 11 is 6.14. The molecule has 2 heterocycles. The van der Waals surface area contributed by atoms with E-state index in [-0.39, 0.29) is 18.9 Å². The third-order valence-electron chi connectivity index (χ3n) is 3.16. The number of nitriles is 1. The lowest BCUT2D eigenvalue weighted by Crippen LogP contribution is -2.23. The van der Waals surface area contributed by atoms with Crippen LogP contribution in [0, 0.1) is 11.3 Å². The van der Waals surface area contributed by atoms with E-state index in [1.165, 1.54) is 12.3 Å². The van der Waals surface area contributed by atoms with E-state index in [0.717, 1.165) is 0 Å². The average Bonchev–Trinajstić information content (AvgIpc) is 3.21. The molecule has 1 N–H and O–H groups in total. The summed E-state index contributed by atoms with van der Waals surface area (Å²) in [5.41, 5.74) is 0.429. The van der Waals surface area contributed by atoms with Crippen LogP contribution < -0.4 is 14.8 Å². The molecule has 0 atom stereocenters. The second-order valence-corrected chi connectivity index (χ2v) is 5.07. The zero-order valence-corrected chi connectivity index (χ0v) is 12.6. The van der Waals surface area contributed by atoms with Gasteiger partial charge in [0.1, 0.15) is 17.4 Å². The van der Waals surface area contributed by atoms with Crippen LogP contribution in [0.4, 0.5) is 0 Å². The first-order valence-electron chi connectivity index (χ1n) is 6.69. The van der Waals surface area contributed by atoms with Gasteiger partial charge in [0.2, 0.25) is 6.79 Å². The van der Waals surface area contributed by atoms with Crippen molar-refractivity contribution in [1.82, 2.24) is 5.32 Å². The maximum Gasteiger partial charge on any atom is 0.262 e. The first-order chi connectivity index (χ1) is 11.2. The van der Waals surface area contributed by atoms with Gasteiger partial charge < -0.3 is 19.2 Å². The molecule has 0 aliphatic carbocycles. The number of hydrogen-bond acceptors (Lipinski definition) is 5. The lowest BCUT2D eigenvalue weighted by molar-refractivity contribution is -0.117. The van der Waals surface area contributed by atoms with Crippen molar-refractivity contribution in [2.45, 2.75) is 6.54 Å². The molecule has 116 valence electrons. The lowest BCUT2D eigenvalue weighted by atomic mass is 10.1. The number of furan rings is 1. The Morgan fingerprint density at radius 3 is 2.87 bits per heavy atom. The van der Waals surface area contributed by atoms with E-state index in [2.05, 4.69) is 5.32 Å². The number of fused-ring (bicyclic) bond motifs is 1. The van der Waals surface area contributed by atoms with Crippen LogP contribution in [-0.2, 0) is 11.3 Å². The molecule has 23 heavy (non-hydrogen) atoms. The largest absolute Gasteiger partial charge is 0.467 e. The van der Waals surface area contributed by atoms with Crippen LogP contribution in [0.25, 0.3) is 6.08 Å². The standard InChI is InChI=1S/C16H11ClN2O4/c17-13-6-15-14(22-9-23-15)5-10(13)4-11(7-18)16(20)19-8-12-2-1-3-21-12/h1-6H,8-9H2,(H,19,20). The highest BCUT2D eigenvalue weighted by Gasteiger charge is 2.17. The number of nitrogens with zero attached hydrogens (tertiary/aromatic N) is 1. The van der Waals surface area contributed by atoms with Crippen LogP contribution in [-0.4, -0.2) is 12.7 Å². The highest BCUT2D eigenvalue weighted by atomic mass is 35.5. The summed E-state index contributed by atoms with van der Waals surface area (Å²) in [5, 5.41) is 12.2. The molecule has 7 heteroatoms. The molecule has 0 saturated heterocycles. The Labute approximate surface area is 136 Å². The minimum Gasteiger partial charge on any atom is -0.467 e. The van der Waals surface area contributed by atoms with Gasteiger partial charge in [-0.3, -0.25) is 4.79 Å². The van der Waals surface area contributed by atoms with Gasteiger partial charge in [0, 0.05) is 6.07 Å². The van der Waals surface area contributed by atoms with Crippen molar-refractivity contribution in [3.05, 3.63) is 52.4 Å². The van der Waals surface area contributed by atoms with Crippen molar-refractivity contribution in [1.29, 1.82) is 5.26 Å². The van der Waals surface area contributed by atoms with Gasteiger partial charge in [0.05, 0.1) is 17.8 Å². The van der Waals surface area contributed by atoms with E-state index >= 15 is 0 Å². The van der Waals surface area contributed by atoms with Crippen molar-refractivity contribution in [3.63, 3.8) is 0 Å². The Morgan fingerprint density at radius 2 is 2.17 bits per heavy atom. The number of nitrogens with one attached hydrogen (secondary N) is 1. The Balaban J connectivity index is 1.79. The Hall–Kier alpha value is -2.91. The predicted molar refractivity (Wildman–Crippen MR) is 81.7 cm³/mol. The number of ether oxygens (including phenoxy) is 2. The van der Waals surface area contributed by atoms with Crippen LogP contribution in [0.15, 0.2) is 40.5 Å². The van der Waals surface area contributed by atoms with Crippen LogP contribution in [0.1, 0.15) is 11.3 Å². The molecule has 1 aliphatic rings. The van der Waals surface area contributed by atoms with Gasteiger partial charge in [-0.05, 0) is 29.8 Å². The molecule has 1 aromatic carbocycles. The average molecular weight is 331 g/mol. The summed E-state index contributed by atoms with van der Waals surface area (Å²) in [6.45, 7) is 0.313. The van der Waals surface area contributed by atoms with Gasteiger partial charge in [0.25, 0.3) is 5.91 Å². The fraction of sp³-hybridized carbons (Fsp3) is 0.125. The fourth-order valence-electron chi connectivity index (χ4n) is 2.02. The molecule has 0 unspecified atom stereocenters. The van der Waals surface area contributed by atoms with Gasteiger partial charge in [-0.1, -0.05) is 11.6 Å². The Morgan fingerprint density at radius 1 is 1.39 bits per heavy atom. The quantitative estimate of drug-likeness (QED) is 0.688. The van der Waals surface area contributed by atoms with Gasteiger partial charge in [-0.2, -0.15) is 5.26 Å². The van der Waals surface area contributed by atoms with E-state index in [4.69, 9.17) is 25.5 Å². The molecule has 1 amide bonds. The fourth-order valence-corrected chi connectivity index (χ4v) is 2.23. The van der Waals surface area contributed by atoms with Crippen LogP contribution >= 0.6 is 11.6 Å². The molecule has 0 bridgehead atoms. The van der Waals surface area contributed by atoms with Crippen molar-refractivity contribution in [3.8, 4) is 17.6 Å². The number of benzene rings is 1. The van der Waals surface area contributed by atoms with Crippen molar-refractivity contribution < 1.29 is 18.7 Å². The zero-order chi connectivity index (χ0) is 16.2. The van der Waals surface area contributed by atoms with Gasteiger partial charge in [0.15, 0.2) is 11.5 Å². The topological polar surface area (TPSA) is 84.5 Å². The van der Waals surface area contributed by atoms with Gasteiger partial charge >= 0.3 is 0 Å². The zero-order valence-electron chi connectivity index (χ0n) is 11.8. The molecular formula is C16H11ClN2O4. The normalized spacial score (nSPS) is 12.8. The molecule has 1 aromatic heterocycles. The smallest absolute Gasteiger partial charge is 0.262 e. The van der Waals surface area contributed by atoms with Gasteiger partial charge in [-0.15, -0.1) is 0 Å². The predicted octanol–water partition coefficient (Wildman–Crippen LogP) is 2.89. The van der Waals surface area contributed by atoms with E-state index < -0.39 is 5.91 Å². The highest BCUT2D eigenvalue weighted by molar-refractivity contribution is 6.32. The second kappa shape index (κ2) is 6.46. The molecule has 0 fully saturated rings. The van der Waals surface area contributed by atoms with E-state index in [9.17, 15) is 10.1 Å². The number of halogens is 1. The summed E-state index contributed by atoms with van der Waals surface area (Å²) in [6.07, 6.45) is 2.91. The van der Waals surface area contributed by atoms with Crippen molar-refractivity contribution in [2.24, 2.45) is 0 Å². The minimum atomic E-state index is -0.516. The van der Waals surface area contributed by atoms with Crippen LogP contribution in [0.5, 0.6) is 11.5 Å². The molecule has 0 spiro atoms.